The van der Waals surface area contributed by atoms with E-state index in [2.05, 4.69) is 38.3 Å². The molecule has 2 unspecified atom stereocenters. The number of hydrogen-bond donors (Lipinski definition) is 2. The maximum atomic E-state index is 10.9. The lowest BCUT2D eigenvalue weighted by Crippen LogP contribution is -2.42. The molecule has 3 nitrogen and oxygen atoms in total. The molecule has 4 heteroatoms. The lowest BCUT2D eigenvalue weighted by Gasteiger charge is -2.21. The van der Waals surface area contributed by atoms with Crippen molar-refractivity contribution in [2.24, 2.45) is 0 Å². The van der Waals surface area contributed by atoms with E-state index in [1.54, 1.807) is 6.26 Å². The van der Waals surface area contributed by atoms with E-state index in [0.29, 0.717) is 6.04 Å². The molecule has 0 saturated heterocycles. The molecular weight excluding hydrogens is 196 g/mol. The van der Waals surface area contributed by atoms with E-state index in [1.165, 1.54) is 0 Å². The summed E-state index contributed by atoms with van der Waals surface area (Å²) in [6.45, 7) is 10.4. The maximum absolute atomic E-state index is 10.9. The van der Waals surface area contributed by atoms with E-state index in [0.717, 1.165) is 18.8 Å². The zero-order valence-electron chi connectivity index (χ0n) is 10.0. The summed E-state index contributed by atoms with van der Waals surface area (Å²) < 4.78 is 10.9. The molecule has 0 fully saturated rings. The fourth-order valence-corrected chi connectivity index (χ4v) is 1.99. The van der Waals surface area contributed by atoms with Crippen LogP contribution in [0.5, 0.6) is 0 Å². The fourth-order valence-electron chi connectivity index (χ4n) is 1.17. The highest BCUT2D eigenvalue weighted by Crippen LogP contribution is 1.96. The Hall–Kier alpha value is 0.0700. The zero-order valence-corrected chi connectivity index (χ0v) is 10.8. The van der Waals surface area contributed by atoms with Gasteiger partial charge in [0.25, 0.3) is 0 Å². The van der Waals surface area contributed by atoms with Gasteiger partial charge in [0.2, 0.25) is 0 Å². The molecule has 0 amide bonds. The molecule has 14 heavy (non-hydrogen) atoms. The number of hydrogen-bond acceptors (Lipinski definition) is 3. The van der Waals surface area contributed by atoms with Crippen molar-refractivity contribution in [3.63, 3.8) is 0 Å². The van der Waals surface area contributed by atoms with E-state index >= 15 is 0 Å². The number of rotatable bonds is 6. The molecule has 0 aromatic rings. The van der Waals surface area contributed by atoms with Crippen molar-refractivity contribution in [3.05, 3.63) is 0 Å². The van der Waals surface area contributed by atoms with Crippen LogP contribution in [-0.4, -0.2) is 40.9 Å². The Morgan fingerprint density at radius 3 is 2.29 bits per heavy atom. The van der Waals surface area contributed by atoms with Crippen molar-refractivity contribution in [1.29, 1.82) is 0 Å². The summed E-state index contributed by atoms with van der Waals surface area (Å²) in [5.74, 6) is 0.732. The van der Waals surface area contributed by atoms with Crippen LogP contribution in [0.2, 0.25) is 0 Å². The van der Waals surface area contributed by atoms with Gasteiger partial charge in [-0.15, -0.1) is 0 Å². The van der Waals surface area contributed by atoms with Crippen LogP contribution in [0.4, 0.5) is 0 Å². The first-order chi connectivity index (χ1) is 6.31. The van der Waals surface area contributed by atoms with Crippen molar-refractivity contribution >= 4 is 10.8 Å². The summed E-state index contributed by atoms with van der Waals surface area (Å²) in [5, 5.41) is 6.72. The van der Waals surface area contributed by atoms with Gasteiger partial charge in [-0.2, -0.15) is 0 Å². The molecule has 0 rings (SSSR count). The van der Waals surface area contributed by atoms with Gasteiger partial charge in [-0.25, -0.2) is 0 Å². The zero-order chi connectivity index (χ0) is 11.2. The molecule has 2 N–H and O–H groups in total. The molecule has 0 radical (unpaired) electrons. The van der Waals surface area contributed by atoms with Crippen LogP contribution in [0.1, 0.15) is 27.7 Å². The van der Waals surface area contributed by atoms with Crippen LogP contribution < -0.4 is 10.6 Å². The smallest absolute Gasteiger partial charge is 0.0383 e. The lowest BCUT2D eigenvalue weighted by atomic mass is 10.1. The SMILES string of the molecule is CC(CS(C)=O)NCCNC(C)(C)C. The molecule has 0 aliphatic carbocycles. The summed E-state index contributed by atoms with van der Waals surface area (Å²) in [5.41, 5.74) is 0.179. The predicted octanol–water partition coefficient (Wildman–Crippen LogP) is 0.731. The molecule has 0 aromatic carbocycles. The van der Waals surface area contributed by atoms with Crippen molar-refractivity contribution in [1.82, 2.24) is 10.6 Å². The predicted molar refractivity (Wildman–Crippen MR) is 64.2 cm³/mol. The summed E-state index contributed by atoms with van der Waals surface area (Å²) in [6, 6.07) is 0.336. The Morgan fingerprint density at radius 2 is 1.86 bits per heavy atom. The van der Waals surface area contributed by atoms with Gasteiger partial charge < -0.3 is 10.6 Å². The Morgan fingerprint density at radius 1 is 1.29 bits per heavy atom. The van der Waals surface area contributed by atoms with Gasteiger partial charge in [0.1, 0.15) is 0 Å². The van der Waals surface area contributed by atoms with E-state index in [1.807, 2.05) is 0 Å². The highest BCUT2D eigenvalue weighted by molar-refractivity contribution is 7.84. The van der Waals surface area contributed by atoms with Crippen molar-refractivity contribution < 1.29 is 4.21 Å². The van der Waals surface area contributed by atoms with Gasteiger partial charge in [-0.3, -0.25) is 4.21 Å². The van der Waals surface area contributed by atoms with E-state index in [9.17, 15) is 4.21 Å². The van der Waals surface area contributed by atoms with Crippen molar-refractivity contribution in [3.8, 4) is 0 Å². The average Bonchev–Trinajstić information content (AvgIpc) is 1.95. The van der Waals surface area contributed by atoms with Gasteiger partial charge in [0, 0.05) is 47.5 Å². The molecule has 86 valence electrons. The van der Waals surface area contributed by atoms with Crippen LogP contribution in [0.3, 0.4) is 0 Å². The molecule has 0 aromatic heterocycles. The molecule has 0 saturated carbocycles. The molecule has 2 atom stereocenters. The first-order valence-electron chi connectivity index (χ1n) is 5.09. The molecular formula is C10H24N2OS. The van der Waals surface area contributed by atoms with Gasteiger partial charge >= 0.3 is 0 Å². The first-order valence-corrected chi connectivity index (χ1v) is 6.82. The third-order valence-electron chi connectivity index (χ3n) is 1.76. The first kappa shape index (κ1) is 14.1. The summed E-state index contributed by atoms with van der Waals surface area (Å²) >= 11 is 0. The topological polar surface area (TPSA) is 41.1 Å². The Balaban J connectivity index is 3.41. The highest BCUT2D eigenvalue weighted by Gasteiger charge is 2.08. The highest BCUT2D eigenvalue weighted by atomic mass is 32.2. The third-order valence-corrected chi connectivity index (χ3v) is 2.73. The normalized spacial score (nSPS) is 16.6. The van der Waals surface area contributed by atoms with Crippen LogP contribution >= 0.6 is 0 Å². The molecule has 0 spiro atoms. The molecule has 0 bridgehead atoms. The standard InChI is InChI=1S/C10H24N2OS/c1-9(8-14(5)13)11-6-7-12-10(2,3)4/h9,11-12H,6-8H2,1-5H3. The van der Waals surface area contributed by atoms with Crippen molar-refractivity contribution in [2.75, 3.05) is 25.1 Å². The van der Waals surface area contributed by atoms with Gasteiger partial charge in [0.05, 0.1) is 0 Å². The minimum Gasteiger partial charge on any atom is -0.312 e. The average molecular weight is 220 g/mol. The van der Waals surface area contributed by atoms with Crippen LogP contribution in [0, 0.1) is 0 Å². The molecule has 0 aliphatic rings. The maximum Gasteiger partial charge on any atom is 0.0383 e. The summed E-state index contributed by atoms with van der Waals surface area (Å²) in [6.07, 6.45) is 1.74. The summed E-state index contributed by atoms with van der Waals surface area (Å²) in [7, 11) is -0.701. The number of nitrogens with one attached hydrogen (secondary N) is 2. The monoisotopic (exact) mass is 220 g/mol. The fraction of sp³-hybridized carbons (Fsp3) is 1.00. The minimum atomic E-state index is -0.701. The second-order valence-electron chi connectivity index (χ2n) is 4.77. The molecule has 0 heterocycles. The van der Waals surface area contributed by atoms with Gasteiger partial charge in [-0.1, -0.05) is 0 Å². The molecule has 0 aliphatic heterocycles. The summed E-state index contributed by atoms with van der Waals surface area (Å²) in [4.78, 5) is 0. The largest absolute Gasteiger partial charge is 0.312 e. The quantitative estimate of drug-likeness (QED) is 0.649. The second-order valence-corrected chi connectivity index (χ2v) is 6.25. The van der Waals surface area contributed by atoms with Crippen LogP contribution in [0.25, 0.3) is 0 Å². The van der Waals surface area contributed by atoms with Gasteiger partial charge in [-0.05, 0) is 27.7 Å². The van der Waals surface area contributed by atoms with E-state index < -0.39 is 10.8 Å². The Labute approximate surface area is 90.5 Å². The lowest BCUT2D eigenvalue weighted by molar-refractivity contribution is 0.416. The van der Waals surface area contributed by atoms with E-state index in [4.69, 9.17) is 0 Å². The van der Waals surface area contributed by atoms with Crippen LogP contribution in [0.15, 0.2) is 0 Å². The minimum absolute atomic E-state index is 0.179. The third kappa shape index (κ3) is 10.2. The Kier molecular flexibility index (Phi) is 6.57. The van der Waals surface area contributed by atoms with E-state index in [-0.39, 0.29) is 5.54 Å². The Bertz CT molecular complexity index is 177. The van der Waals surface area contributed by atoms with Crippen LogP contribution in [-0.2, 0) is 10.8 Å². The van der Waals surface area contributed by atoms with Gasteiger partial charge in [0.15, 0.2) is 0 Å². The van der Waals surface area contributed by atoms with Crippen molar-refractivity contribution in [2.45, 2.75) is 39.3 Å². The second kappa shape index (κ2) is 6.53.